The average Bonchev–Trinajstić information content (AvgIpc) is 2.92. The fourth-order valence-corrected chi connectivity index (χ4v) is 3.94. The quantitative estimate of drug-likeness (QED) is 0.748. The maximum absolute atomic E-state index is 13.1. The summed E-state index contributed by atoms with van der Waals surface area (Å²) in [6.45, 7) is 2.79. The molecule has 4 rings (SSSR count). The van der Waals surface area contributed by atoms with E-state index < -0.39 is 6.10 Å². The third kappa shape index (κ3) is 2.21. The molecule has 4 N–H and O–H groups in total. The molecule has 1 unspecified atom stereocenters. The number of aryl methyl sites for hydroxylation is 2. The average molecular weight is 326 g/mol. The van der Waals surface area contributed by atoms with E-state index in [2.05, 4.69) is 10.4 Å². The van der Waals surface area contributed by atoms with Crippen LogP contribution in [0.1, 0.15) is 58.5 Å². The lowest BCUT2D eigenvalue weighted by molar-refractivity contribution is 0.0859. The Balaban J connectivity index is 1.75. The summed E-state index contributed by atoms with van der Waals surface area (Å²) in [6.07, 6.45) is 2.40. The van der Waals surface area contributed by atoms with Gasteiger partial charge in [-0.15, -0.1) is 0 Å². The second-order valence-electron chi connectivity index (χ2n) is 6.71. The van der Waals surface area contributed by atoms with Crippen molar-refractivity contribution in [3.05, 3.63) is 40.6 Å². The van der Waals surface area contributed by atoms with E-state index in [1.54, 1.807) is 0 Å². The highest BCUT2D eigenvalue weighted by Crippen LogP contribution is 2.37. The fourth-order valence-electron chi connectivity index (χ4n) is 3.94. The highest BCUT2D eigenvalue weighted by atomic mass is 16.3. The summed E-state index contributed by atoms with van der Waals surface area (Å²) in [4.78, 5) is 13.1. The minimum Gasteiger partial charge on any atom is -0.388 e. The summed E-state index contributed by atoms with van der Waals surface area (Å²) in [7, 11) is 0. The van der Waals surface area contributed by atoms with Crippen molar-refractivity contribution in [2.75, 3.05) is 17.6 Å². The molecule has 126 valence electrons. The lowest BCUT2D eigenvalue weighted by Gasteiger charge is -2.27. The van der Waals surface area contributed by atoms with Gasteiger partial charge in [0.1, 0.15) is 5.82 Å². The molecular formula is C18H22N4O2. The molecule has 0 bridgehead atoms. The van der Waals surface area contributed by atoms with Crippen LogP contribution >= 0.6 is 0 Å². The van der Waals surface area contributed by atoms with E-state index in [9.17, 15) is 9.90 Å². The summed E-state index contributed by atoms with van der Waals surface area (Å²) < 4.78 is 1.32. The van der Waals surface area contributed by atoms with Crippen LogP contribution in [0.5, 0.6) is 0 Å². The van der Waals surface area contributed by atoms with Gasteiger partial charge < -0.3 is 16.2 Å². The van der Waals surface area contributed by atoms with Crippen molar-refractivity contribution in [2.24, 2.45) is 0 Å². The first kappa shape index (κ1) is 15.2. The Morgan fingerprint density at radius 3 is 3.04 bits per heavy atom. The number of carbonyl (C=O) groups excluding carboxylic acids is 1. The van der Waals surface area contributed by atoms with Gasteiger partial charge in [-0.05, 0) is 43.7 Å². The Labute approximate surface area is 140 Å². The van der Waals surface area contributed by atoms with Gasteiger partial charge in [-0.1, -0.05) is 18.2 Å². The number of carbonyl (C=O) groups is 1. The monoisotopic (exact) mass is 326 g/mol. The van der Waals surface area contributed by atoms with Gasteiger partial charge in [-0.3, -0.25) is 4.79 Å². The molecular weight excluding hydrogens is 304 g/mol. The van der Waals surface area contributed by atoms with Crippen molar-refractivity contribution >= 4 is 17.4 Å². The van der Waals surface area contributed by atoms with Gasteiger partial charge in [-0.25, -0.2) is 0 Å². The number of nitrogen functional groups attached to an aromatic ring is 1. The molecule has 1 aromatic heterocycles. The first-order chi connectivity index (χ1) is 11.6. The number of para-hydroxylation sites is 1. The predicted octanol–water partition coefficient (Wildman–Crippen LogP) is 2.38. The summed E-state index contributed by atoms with van der Waals surface area (Å²) in [6, 6.07) is 6.00. The predicted molar refractivity (Wildman–Crippen MR) is 92.2 cm³/mol. The third-order valence-electron chi connectivity index (χ3n) is 5.18. The van der Waals surface area contributed by atoms with Crippen LogP contribution in [0.4, 0.5) is 11.5 Å². The zero-order chi connectivity index (χ0) is 16.8. The number of anilines is 2. The van der Waals surface area contributed by atoms with Crippen molar-refractivity contribution in [3.63, 3.8) is 0 Å². The SMILES string of the molecule is Cc1cccc2c1NCC[C@@H]2C(=O)n1nc2c(c1N)C(O)CCC2. The Morgan fingerprint density at radius 1 is 1.42 bits per heavy atom. The van der Waals surface area contributed by atoms with E-state index >= 15 is 0 Å². The van der Waals surface area contributed by atoms with Crippen LogP contribution in [0.25, 0.3) is 0 Å². The van der Waals surface area contributed by atoms with Crippen molar-refractivity contribution < 1.29 is 9.90 Å². The van der Waals surface area contributed by atoms with E-state index in [0.717, 1.165) is 41.9 Å². The zero-order valence-corrected chi connectivity index (χ0v) is 13.7. The van der Waals surface area contributed by atoms with Gasteiger partial charge in [0.15, 0.2) is 0 Å². The maximum Gasteiger partial charge on any atom is 0.256 e. The Bertz CT molecular complexity index is 812. The number of aromatic nitrogens is 2. The number of nitrogens with one attached hydrogen (secondary N) is 1. The number of nitrogens with zero attached hydrogens (tertiary/aromatic N) is 2. The molecule has 1 aliphatic carbocycles. The van der Waals surface area contributed by atoms with Gasteiger partial charge >= 0.3 is 0 Å². The molecule has 2 atom stereocenters. The summed E-state index contributed by atoms with van der Waals surface area (Å²) in [5, 5.41) is 18.0. The standard InChI is InChI=1S/C18H22N4O2/c1-10-4-2-5-11-12(8-9-20-16(10)11)18(24)22-17(19)15-13(21-22)6-3-7-14(15)23/h2,4-5,12,14,20,23H,3,6-9,19H2,1H3/t12-,14?/m0/s1. The van der Waals surface area contributed by atoms with Crippen LogP contribution in [-0.4, -0.2) is 27.3 Å². The number of rotatable bonds is 1. The smallest absolute Gasteiger partial charge is 0.256 e. The fraction of sp³-hybridized carbons (Fsp3) is 0.444. The molecule has 0 amide bonds. The minimum absolute atomic E-state index is 0.109. The van der Waals surface area contributed by atoms with E-state index in [1.807, 2.05) is 25.1 Å². The number of aliphatic hydroxyl groups is 1. The van der Waals surface area contributed by atoms with Crippen LogP contribution in [0, 0.1) is 6.92 Å². The Morgan fingerprint density at radius 2 is 2.25 bits per heavy atom. The van der Waals surface area contributed by atoms with Gasteiger partial charge in [0.25, 0.3) is 5.91 Å². The Hall–Kier alpha value is -2.34. The molecule has 0 radical (unpaired) electrons. The largest absolute Gasteiger partial charge is 0.388 e. The molecule has 2 aromatic rings. The number of fused-ring (bicyclic) bond motifs is 2. The van der Waals surface area contributed by atoms with Crippen LogP contribution in [0.2, 0.25) is 0 Å². The van der Waals surface area contributed by atoms with Crippen molar-refractivity contribution in [1.29, 1.82) is 0 Å². The second kappa shape index (κ2) is 5.63. The van der Waals surface area contributed by atoms with E-state index in [4.69, 9.17) is 5.73 Å². The van der Waals surface area contributed by atoms with Gasteiger partial charge in [0.2, 0.25) is 0 Å². The molecule has 2 heterocycles. The lowest BCUT2D eigenvalue weighted by Crippen LogP contribution is -2.28. The molecule has 6 nitrogen and oxygen atoms in total. The summed E-state index contributed by atoms with van der Waals surface area (Å²) in [5.41, 5.74) is 10.8. The van der Waals surface area contributed by atoms with E-state index in [-0.39, 0.29) is 11.8 Å². The molecule has 0 spiro atoms. The number of nitrogens with two attached hydrogens (primary N) is 1. The lowest BCUT2D eigenvalue weighted by atomic mass is 9.88. The topological polar surface area (TPSA) is 93.2 Å². The number of hydrogen-bond acceptors (Lipinski definition) is 5. The second-order valence-corrected chi connectivity index (χ2v) is 6.71. The van der Waals surface area contributed by atoms with Crippen molar-refractivity contribution in [2.45, 2.75) is 44.6 Å². The Kier molecular flexibility index (Phi) is 3.57. The molecule has 0 saturated carbocycles. The summed E-state index contributed by atoms with van der Waals surface area (Å²) in [5.74, 6) is -0.0701. The van der Waals surface area contributed by atoms with Gasteiger partial charge in [-0.2, -0.15) is 9.78 Å². The number of benzene rings is 1. The van der Waals surface area contributed by atoms with E-state index in [1.165, 1.54) is 4.68 Å². The molecule has 1 aliphatic heterocycles. The first-order valence-corrected chi connectivity index (χ1v) is 8.51. The summed E-state index contributed by atoms with van der Waals surface area (Å²) >= 11 is 0. The van der Waals surface area contributed by atoms with E-state index in [0.29, 0.717) is 24.2 Å². The molecule has 1 aromatic carbocycles. The van der Waals surface area contributed by atoms with Crippen molar-refractivity contribution in [3.8, 4) is 0 Å². The van der Waals surface area contributed by atoms with Gasteiger partial charge in [0.05, 0.1) is 17.7 Å². The molecule has 2 aliphatic rings. The molecule has 6 heteroatoms. The highest BCUT2D eigenvalue weighted by molar-refractivity contribution is 5.90. The molecule has 0 saturated heterocycles. The van der Waals surface area contributed by atoms with Crippen LogP contribution in [0.15, 0.2) is 18.2 Å². The van der Waals surface area contributed by atoms with Crippen LogP contribution in [-0.2, 0) is 6.42 Å². The van der Waals surface area contributed by atoms with Gasteiger partial charge in [0, 0.05) is 17.8 Å². The zero-order valence-electron chi connectivity index (χ0n) is 13.7. The van der Waals surface area contributed by atoms with Crippen molar-refractivity contribution in [1.82, 2.24) is 9.78 Å². The normalized spacial score (nSPS) is 22.4. The van der Waals surface area contributed by atoms with Crippen LogP contribution < -0.4 is 11.1 Å². The maximum atomic E-state index is 13.1. The minimum atomic E-state index is -0.613. The first-order valence-electron chi connectivity index (χ1n) is 8.51. The number of hydrogen-bond donors (Lipinski definition) is 3. The molecule has 24 heavy (non-hydrogen) atoms. The number of aliphatic hydroxyl groups excluding tert-OH is 1. The van der Waals surface area contributed by atoms with Crippen LogP contribution in [0.3, 0.4) is 0 Å². The highest BCUT2D eigenvalue weighted by Gasteiger charge is 2.33. The third-order valence-corrected chi connectivity index (χ3v) is 5.18. The molecule has 0 fully saturated rings.